The van der Waals surface area contributed by atoms with E-state index in [9.17, 15) is 0 Å². The zero-order chi connectivity index (χ0) is 18.5. The van der Waals surface area contributed by atoms with Crippen LogP contribution in [-0.2, 0) is 6.54 Å². The Balaban J connectivity index is 1.40. The van der Waals surface area contributed by atoms with Crippen LogP contribution in [0.5, 0.6) is 0 Å². The molecule has 0 aromatic carbocycles. The summed E-state index contributed by atoms with van der Waals surface area (Å²) in [6, 6.07) is 0.527. The zero-order valence-corrected chi connectivity index (χ0v) is 16.2. The van der Waals surface area contributed by atoms with Gasteiger partial charge in [0, 0.05) is 12.6 Å². The van der Waals surface area contributed by atoms with Crippen molar-refractivity contribution in [2.75, 3.05) is 25.0 Å². The van der Waals surface area contributed by atoms with E-state index < -0.39 is 0 Å². The van der Waals surface area contributed by atoms with E-state index in [1.54, 1.807) is 6.33 Å². The molecule has 1 saturated carbocycles. The Kier molecular flexibility index (Phi) is 5.87. The first-order chi connectivity index (χ1) is 13.3. The van der Waals surface area contributed by atoms with E-state index >= 15 is 0 Å². The molecule has 7 heteroatoms. The Hall–Kier alpha value is -2.15. The Bertz CT molecular complexity index is 755. The van der Waals surface area contributed by atoms with Gasteiger partial charge < -0.3 is 15.5 Å². The van der Waals surface area contributed by atoms with Gasteiger partial charge in [-0.05, 0) is 38.8 Å². The third-order valence-electron chi connectivity index (χ3n) is 5.76. The van der Waals surface area contributed by atoms with Crippen LogP contribution < -0.4 is 10.6 Å². The summed E-state index contributed by atoms with van der Waals surface area (Å²) < 4.78 is 2.00. The second-order valence-electron chi connectivity index (χ2n) is 7.81. The maximum absolute atomic E-state index is 4.57. The average molecular weight is 370 g/mol. The van der Waals surface area contributed by atoms with Crippen molar-refractivity contribution in [3.05, 3.63) is 24.9 Å². The lowest BCUT2D eigenvalue weighted by Crippen LogP contribution is -2.29. The van der Waals surface area contributed by atoms with Gasteiger partial charge in [-0.3, -0.25) is 0 Å². The van der Waals surface area contributed by atoms with Gasteiger partial charge in [-0.15, -0.1) is 0 Å². The molecule has 0 amide bonds. The molecule has 1 aliphatic carbocycles. The van der Waals surface area contributed by atoms with E-state index in [1.807, 2.05) is 10.9 Å². The van der Waals surface area contributed by atoms with Crippen molar-refractivity contribution in [3.8, 4) is 0 Å². The van der Waals surface area contributed by atoms with Gasteiger partial charge in [0.2, 0.25) is 0 Å². The molecule has 0 unspecified atom stereocenters. The summed E-state index contributed by atoms with van der Waals surface area (Å²) in [6.07, 6.45) is 13.9. The van der Waals surface area contributed by atoms with Crippen LogP contribution in [0.25, 0.3) is 11.0 Å². The third-order valence-corrected chi connectivity index (χ3v) is 5.76. The standard InChI is InChI=1S/C20H31N7/c1-16(24-17-8-4-5-9-17)25-19-18-14-23-27(20(18)22-15-21-19)13-12-26-10-6-2-3-7-11-26/h14-15,17,24H,1-13H2,(H,21,22,25). The van der Waals surface area contributed by atoms with Crippen LogP contribution in [0.15, 0.2) is 24.9 Å². The van der Waals surface area contributed by atoms with Crippen LogP contribution in [0.1, 0.15) is 51.4 Å². The first-order valence-electron chi connectivity index (χ1n) is 10.4. The molecule has 0 bridgehead atoms. The predicted molar refractivity (Wildman–Crippen MR) is 108 cm³/mol. The Labute approximate surface area is 161 Å². The van der Waals surface area contributed by atoms with Gasteiger partial charge in [0.15, 0.2) is 5.65 Å². The zero-order valence-electron chi connectivity index (χ0n) is 16.2. The van der Waals surface area contributed by atoms with Crippen LogP contribution in [0.4, 0.5) is 5.82 Å². The van der Waals surface area contributed by atoms with E-state index in [2.05, 4.69) is 37.2 Å². The van der Waals surface area contributed by atoms with E-state index in [1.165, 1.54) is 64.5 Å². The van der Waals surface area contributed by atoms with Gasteiger partial charge in [-0.1, -0.05) is 32.3 Å². The Morgan fingerprint density at radius 1 is 1.04 bits per heavy atom. The predicted octanol–water partition coefficient (Wildman–Crippen LogP) is 3.12. The van der Waals surface area contributed by atoms with Gasteiger partial charge >= 0.3 is 0 Å². The minimum atomic E-state index is 0.527. The van der Waals surface area contributed by atoms with E-state index in [-0.39, 0.29) is 0 Å². The van der Waals surface area contributed by atoms with Gasteiger partial charge in [-0.25, -0.2) is 14.6 Å². The molecule has 1 aliphatic heterocycles. The van der Waals surface area contributed by atoms with Gasteiger partial charge in [0.1, 0.15) is 12.1 Å². The highest BCUT2D eigenvalue weighted by atomic mass is 15.3. The van der Waals surface area contributed by atoms with Gasteiger partial charge in [-0.2, -0.15) is 5.10 Å². The van der Waals surface area contributed by atoms with E-state index in [0.717, 1.165) is 35.8 Å². The fraction of sp³-hybridized carbons (Fsp3) is 0.650. The molecule has 0 atom stereocenters. The van der Waals surface area contributed by atoms with E-state index in [4.69, 9.17) is 0 Å². The fourth-order valence-corrected chi connectivity index (χ4v) is 4.25. The van der Waals surface area contributed by atoms with Crippen LogP contribution in [-0.4, -0.2) is 50.3 Å². The molecule has 3 heterocycles. The van der Waals surface area contributed by atoms with Crippen molar-refractivity contribution in [3.63, 3.8) is 0 Å². The molecule has 2 fully saturated rings. The van der Waals surface area contributed by atoms with Crippen molar-refractivity contribution in [2.45, 2.75) is 64.0 Å². The molecule has 2 N–H and O–H groups in total. The molecule has 0 radical (unpaired) electrons. The van der Waals surface area contributed by atoms with Crippen LogP contribution in [0.3, 0.4) is 0 Å². The molecule has 4 rings (SSSR count). The largest absolute Gasteiger partial charge is 0.369 e. The number of hydrogen-bond donors (Lipinski definition) is 2. The molecular formula is C20H31N7. The van der Waals surface area contributed by atoms with Crippen LogP contribution >= 0.6 is 0 Å². The monoisotopic (exact) mass is 369 g/mol. The molecule has 2 aromatic rings. The van der Waals surface area contributed by atoms with Gasteiger partial charge in [0.25, 0.3) is 0 Å². The quantitative estimate of drug-likeness (QED) is 0.781. The second-order valence-corrected chi connectivity index (χ2v) is 7.81. The maximum Gasteiger partial charge on any atom is 0.163 e. The number of anilines is 1. The lowest BCUT2D eigenvalue weighted by Gasteiger charge is -2.19. The fourth-order valence-electron chi connectivity index (χ4n) is 4.25. The number of rotatable bonds is 7. The minimum Gasteiger partial charge on any atom is -0.369 e. The van der Waals surface area contributed by atoms with Crippen molar-refractivity contribution in [1.82, 2.24) is 30.0 Å². The van der Waals surface area contributed by atoms with Crippen molar-refractivity contribution >= 4 is 16.9 Å². The van der Waals surface area contributed by atoms with Crippen LogP contribution in [0, 0.1) is 0 Å². The molecule has 2 aliphatic rings. The maximum atomic E-state index is 4.57. The summed E-state index contributed by atoms with van der Waals surface area (Å²) in [4.78, 5) is 11.4. The number of likely N-dealkylation sites (tertiary alicyclic amines) is 1. The lowest BCUT2D eigenvalue weighted by molar-refractivity contribution is 0.270. The van der Waals surface area contributed by atoms with Crippen molar-refractivity contribution < 1.29 is 0 Å². The highest BCUT2D eigenvalue weighted by molar-refractivity contribution is 5.86. The number of fused-ring (bicyclic) bond motifs is 1. The Morgan fingerprint density at radius 3 is 2.59 bits per heavy atom. The summed E-state index contributed by atoms with van der Waals surface area (Å²) in [5.74, 6) is 1.58. The number of aromatic nitrogens is 4. The lowest BCUT2D eigenvalue weighted by atomic mass is 10.2. The second kappa shape index (κ2) is 8.69. The summed E-state index contributed by atoms with van der Waals surface area (Å²) in [5.41, 5.74) is 0.885. The summed E-state index contributed by atoms with van der Waals surface area (Å²) in [6.45, 7) is 8.41. The first kappa shape index (κ1) is 18.2. The molecule has 2 aromatic heterocycles. The average Bonchev–Trinajstić information content (AvgIpc) is 3.24. The smallest absolute Gasteiger partial charge is 0.163 e. The molecule has 146 valence electrons. The third kappa shape index (κ3) is 4.58. The molecule has 1 saturated heterocycles. The highest BCUT2D eigenvalue weighted by Gasteiger charge is 2.16. The first-order valence-corrected chi connectivity index (χ1v) is 10.4. The minimum absolute atomic E-state index is 0.527. The van der Waals surface area contributed by atoms with Crippen molar-refractivity contribution in [1.29, 1.82) is 0 Å². The summed E-state index contributed by atoms with van der Waals surface area (Å²) in [5, 5.41) is 12.3. The topological polar surface area (TPSA) is 70.9 Å². The van der Waals surface area contributed by atoms with Crippen LogP contribution in [0.2, 0.25) is 0 Å². The summed E-state index contributed by atoms with van der Waals surface area (Å²) >= 11 is 0. The van der Waals surface area contributed by atoms with Crippen molar-refractivity contribution in [2.24, 2.45) is 0 Å². The van der Waals surface area contributed by atoms with Gasteiger partial charge in [0.05, 0.1) is 23.9 Å². The highest BCUT2D eigenvalue weighted by Crippen LogP contribution is 2.22. The number of nitrogens with one attached hydrogen (secondary N) is 2. The molecular weight excluding hydrogens is 338 g/mol. The SMILES string of the molecule is C=C(Nc1ncnc2c1cnn2CCN1CCCCCC1)NC1CCCC1. The normalized spacial score (nSPS) is 19.3. The summed E-state index contributed by atoms with van der Waals surface area (Å²) in [7, 11) is 0. The number of hydrogen-bond acceptors (Lipinski definition) is 6. The Morgan fingerprint density at radius 2 is 1.81 bits per heavy atom. The molecule has 7 nitrogen and oxygen atoms in total. The van der Waals surface area contributed by atoms with E-state index in [0.29, 0.717) is 6.04 Å². The molecule has 0 spiro atoms. The molecule has 27 heavy (non-hydrogen) atoms. The number of nitrogens with zero attached hydrogens (tertiary/aromatic N) is 5.